The number of carbonyl (C=O) groups is 2. The molecule has 0 saturated carbocycles. The molecule has 4 aromatic rings. The van der Waals surface area contributed by atoms with Crippen LogP contribution in [0.15, 0.2) is 54.9 Å². The number of H-pyrrole nitrogens is 1. The lowest BCUT2D eigenvalue weighted by Gasteiger charge is -2.09. The van der Waals surface area contributed by atoms with Crippen LogP contribution < -0.4 is 5.73 Å². The molecule has 0 aliphatic rings. The van der Waals surface area contributed by atoms with Crippen LogP contribution in [-0.2, 0) is 0 Å². The largest absolute Gasteiger partial charge is 0.478 e. The number of carboxylic acids is 1. The molecule has 0 atom stereocenters. The summed E-state index contributed by atoms with van der Waals surface area (Å²) in [6.45, 7) is 0. The number of carbonyl (C=O) groups excluding carboxylic acids is 1. The molecule has 0 aliphatic carbocycles. The Kier molecular flexibility index (Phi) is 3.51. The highest BCUT2D eigenvalue weighted by atomic mass is 16.4. The van der Waals surface area contributed by atoms with Gasteiger partial charge in [-0.05, 0) is 42.5 Å². The Morgan fingerprint density at radius 1 is 1.12 bits per heavy atom. The number of nitrogens with one attached hydrogen (secondary N) is 1. The fraction of sp³-hybridized carbons (Fsp3) is 0. The van der Waals surface area contributed by atoms with Crippen LogP contribution in [0.25, 0.3) is 28.1 Å². The fourth-order valence-electron chi connectivity index (χ4n) is 2.82. The van der Waals surface area contributed by atoms with Gasteiger partial charge in [0.2, 0.25) is 5.91 Å². The predicted octanol–water partition coefficient (Wildman–Crippen LogP) is 2.21. The molecule has 3 heterocycles. The highest BCUT2D eigenvalue weighted by Gasteiger charge is 2.18. The molecule has 1 amide bonds. The Balaban J connectivity index is 1.92. The molecular formula is C18H13N5O3. The maximum absolute atomic E-state index is 11.5. The van der Waals surface area contributed by atoms with E-state index in [0.717, 1.165) is 5.39 Å². The molecule has 1 aromatic carbocycles. The van der Waals surface area contributed by atoms with E-state index in [9.17, 15) is 14.7 Å². The first-order valence-corrected chi connectivity index (χ1v) is 7.70. The van der Waals surface area contributed by atoms with Crippen molar-refractivity contribution in [2.75, 3.05) is 0 Å². The number of fused-ring (bicyclic) bond motifs is 1. The van der Waals surface area contributed by atoms with Crippen molar-refractivity contribution >= 4 is 22.9 Å². The number of aromatic carboxylic acids is 1. The number of nitrogens with two attached hydrogens (primary N) is 1. The number of primary amides is 1. The first kappa shape index (κ1) is 15.6. The molecule has 0 bridgehead atoms. The normalized spacial score (nSPS) is 10.9. The van der Waals surface area contributed by atoms with Gasteiger partial charge in [-0.25, -0.2) is 9.78 Å². The second kappa shape index (κ2) is 5.85. The zero-order valence-corrected chi connectivity index (χ0v) is 13.4. The van der Waals surface area contributed by atoms with Crippen LogP contribution in [-0.4, -0.2) is 36.7 Å². The Hall–Kier alpha value is -3.94. The summed E-state index contributed by atoms with van der Waals surface area (Å²) in [5.41, 5.74) is 8.26. The van der Waals surface area contributed by atoms with E-state index in [2.05, 4.69) is 15.2 Å². The molecule has 8 heteroatoms. The Morgan fingerprint density at radius 3 is 2.58 bits per heavy atom. The van der Waals surface area contributed by atoms with Crippen molar-refractivity contribution in [2.45, 2.75) is 0 Å². The number of carboxylic acid groups (broad SMARTS) is 1. The highest BCUT2D eigenvalue weighted by Crippen LogP contribution is 2.29. The number of benzene rings is 1. The molecule has 0 fully saturated rings. The standard InChI is InChI=1S/C18H13N5O3/c19-16(24)10-3-5-12(6-4-10)23-9-11(18(25)26)8-14(23)15-13-2-1-7-20-17(13)22-21-15/h1-9H,(H2,19,24)(H,25,26)(H,20,21,22). The number of rotatable bonds is 4. The monoisotopic (exact) mass is 347 g/mol. The predicted molar refractivity (Wildman–Crippen MR) is 94.1 cm³/mol. The third kappa shape index (κ3) is 2.49. The van der Waals surface area contributed by atoms with Crippen molar-refractivity contribution < 1.29 is 14.7 Å². The minimum atomic E-state index is -1.04. The van der Waals surface area contributed by atoms with Gasteiger partial charge in [0.1, 0.15) is 0 Å². The van der Waals surface area contributed by atoms with Crippen LogP contribution >= 0.6 is 0 Å². The van der Waals surface area contributed by atoms with Crippen molar-refractivity contribution in [1.82, 2.24) is 19.7 Å². The number of aromatic nitrogens is 4. The average Bonchev–Trinajstić information content (AvgIpc) is 3.26. The molecule has 0 spiro atoms. The lowest BCUT2D eigenvalue weighted by atomic mass is 10.1. The third-order valence-electron chi connectivity index (χ3n) is 4.08. The Bertz CT molecular complexity index is 1140. The van der Waals surface area contributed by atoms with Crippen molar-refractivity contribution in [3.8, 4) is 17.1 Å². The van der Waals surface area contributed by atoms with Gasteiger partial charge in [0, 0.05) is 29.0 Å². The summed E-state index contributed by atoms with van der Waals surface area (Å²) in [4.78, 5) is 26.9. The molecule has 26 heavy (non-hydrogen) atoms. The van der Waals surface area contributed by atoms with Gasteiger partial charge in [0.15, 0.2) is 5.65 Å². The van der Waals surface area contributed by atoms with Crippen LogP contribution in [0.5, 0.6) is 0 Å². The van der Waals surface area contributed by atoms with Crippen molar-refractivity contribution in [3.63, 3.8) is 0 Å². The number of hydrogen-bond acceptors (Lipinski definition) is 4. The van der Waals surface area contributed by atoms with Gasteiger partial charge < -0.3 is 15.4 Å². The molecule has 0 unspecified atom stereocenters. The van der Waals surface area contributed by atoms with Crippen molar-refractivity contribution in [1.29, 1.82) is 0 Å². The number of hydrogen-bond donors (Lipinski definition) is 3. The van der Waals surface area contributed by atoms with E-state index in [1.807, 2.05) is 6.07 Å². The quantitative estimate of drug-likeness (QED) is 0.521. The number of pyridine rings is 1. The van der Waals surface area contributed by atoms with Gasteiger partial charge >= 0.3 is 5.97 Å². The van der Waals surface area contributed by atoms with Crippen LogP contribution in [0.4, 0.5) is 0 Å². The molecule has 0 saturated heterocycles. The zero-order chi connectivity index (χ0) is 18.3. The molecule has 3 aromatic heterocycles. The third-order valence-corrected chi connectivity index (χ3v) is 4.08. The smallest absolute Gasteiger partial charge is 0.337 e. The van der Waals surface area contributed by atoms with Crippen LogP contribution in [0.2, 0.25) is 0 Å². The van der Waals surface area contributed by atoms with Gasteiger partial charge in [-0.2, -0.15) is 5.10 Å². The molecule has 128 valence electrons. The summed E-state index contributed by atoms with van der Waals surface area (Å²) in [6, 6.07) is 11.8. The molecular weight excluding hydrogens is 334 g/mol. The number of amides is 1. The van der Waals surface area contributed by atoms with E-state index in [0.29, 0.717) is 28.3 Å². The first-order chi connectivity index (χ1) is 12.5. The average molecular weight is 347 g/mol. The van der Waals surface area contributed by atoms with E-state index < -0.39 is 11.9 Å². The Morgan fingerprint density at radius 2 is 1.88 bits per heavy atom. The van der Waals surface area contributed by atoms with Crippen LogP contribution in [0.1, 0.15) is 20.7 Å². The minimum absolute atomic E-state index is 0.130. The number of nitrogens with zero attached hydrogens (tertiary/aromatic N) is 3. The molecule has 4 N–H and O–H groups in total. The van der Waals surface area contributed by atoms with E-state index in [4.69, 9.17) is 5.73 Å². The van der Waals surface area contributed by atoms with E-state index >= 15 is 0 Å². The SMILES string of the molecule is NC(=O)c1ccc(-n2cc(C(=O)O)cc2-c2[nH]nc3ncccc23)cc1. The molecule has 0 radical (unpaired) electrons. The highest BCUT2D eigenvalue weighted by molar-refractivity contribution is 5.95. The summed E-state index contributed by atoms with van der Waals surface area (Å²) in [5, 5.41) is 17.2. The van der Waals surface area contributed by atoms with E-state index in [1.165, 1.54) is 6.20 Å². The van der Waals surface area contributed by atoms with Gasteiger partial charge in [-0.1, -0.05) is 0 Å². The summed E-state index contributed by atoms with van der Waals surface area (Å²) in [7, 11) is 0. The first-order valence-electron chi connectivity index (χ1n) is 7.70. The van der Waals surface area contributed by atoms with Gasteiger partial charge in [-0.3, -0.25) is 9.89 Å². The van der Waals surface area contributed by atoms with Crippen molar-refractivity contribution in [3.05, 3.63) is 66.0 Å². The number of aromatic amines is 1. The zero-order valence-electron chi connectivity index (χ0n) is 13.4. The van der Waals surface area contributed by atoms with Gasteiger partial charge in [-0.15, -0.1) is 0 Å². The minimum Gasteiger partial charge on any atom is -0.478 e. The van der Waals surface area contributed by atoms with Gasteiger partial charge in [0.05, 0.1) is 17.0 Å². The second-order valence-electron chi connectivity index (χ2n) is 5.67. The summed E-state index contributed by atoms with van der Waals surface area (Å²) in [5.74, 6) is -1.57. The summed E-state index contributed by atoms with van der Waals surface area (Å²) < 4.78 is 1.72. The molecule has 0 aliphatic heterocycles. The van der Waals surface area contributed by atoms with Crippen LogP contribution in [0, 0.1) is 0 Å². The lowest BCUT2D eigenvalue weighted by Crippen LogP contribution is -2.10. The fourth-order valence-corrected chi connectivity index (χ4v) is 2.82. The molecule has 8 nitrogen and oxygen atoms in total. The molecule has 4 rings (SSSR count). The van der Waals surface area contributed by atoms with Gasteiger partial charge in [0.25, 0.3) is 0 Å². The van der Waals surface area contributed by atoms with E-state index in [1.54, 1.807) is 47.2 Å². The Labute approximate surface area is 146 Å². The maximum Gasteiger partial charge on any atom is 0.337 e. The summed E-state index contributed by atoms with van der Waals surface area (Å²) in [6.07, 6.45) is 3.15. The topological polar surface area (TPSA) is 127 Å². The maximum atomic E-state index is 11.5. The van der Waals surface area contributed by atoms with Crippen LogP contribution in [0.3, 0.4) is 0 Å². The van der Waals surface area contributed by atoms with Crippen molar-refractivity contribution in [2.24, 2.45) is 5.73 Å². The van der Waals surface area contributed by atoms with E-state index in [-0.39, 0.29) is 5.56 Å². The summed E-state index contributed by atoms with van der Waals surface area (Å²) >= 11 is 0. The lowest BCUT2D eigenvalue weighted by molar-refractivity contribution is 0.0696. The second-order valence-corrected chi connectivity index (χ2v) is 5.67.